The number of hydrogen-bond acceptors (Lipinski definition) is 7. The molecule has 0 bridgehead atoms. The van der Waals surface area contributed by atoms with Gasteiger partial charge in [-0.15, -0.1) is 0 Å². The lowest BCUT2D eigenvalue weighted by molar-refractivity contribution is -0.414. The Morgan fingerprint density at radius 3 is 2.25 bits per heavy atom. The van der Waals surface area contributed by atoms with Gasteiger partial charge in [0.15, 0.2) is 0 Å². The highest BCUT2D eigenvalue weighted by atomic mass is 16.6. The number of aliphatic imine (C=N–C) groups is 1. The molecule has 0 fully saturated rings. The molecule has 28 heavy (non-hydrogen) atoms. The highest BCUT2D eigenvalue weighted by molar-refractivity contribution is 5.78. The summed E-state index contributed by atoms with van der Waals surface area (Å²) < 4.78 is 6.05. The summed E-state index contributed by atoms with van der Waals surface area (Å²) >= 11 is 0. The molecular formula is C20H15N5O3. The Labute approximate surface area is 161 Å². The predicted octanol–water partition coefficient (Wildman–Crippen LogP) is 3.42. The third-order valence-electron chi connectivity index (χ3n) is 4.16. The first kappa shape index (κ1) is 18.6. The fourth-order valence-electron chi connectivity index (χ4n) is 2.85. The second-order valence-electron chi connectivity index (χ2n) is 6.15. The Morgan fingerprint density at radius 1 is 1.11 bits per heavy atom. The molecular weight excluding hydrogens is 358 g/mol. The van der Waals surface area contributed by atoms with E-state index in [1.165, 1.54) is 11.1 Å². The molecule has 0 spiro atoms. The van der Waals surface area contributed by atoms with E-state index in [-0.39, 0.29) is 5.70 Å². The van der Waals surface area contributed by atoms with Gasteiger partial charge in [0.2, 0.25) is 0 Å². The summed E-state index contributed by atoms with van der Waals surface area (Å²) in [6.45, 7) is 3.64. The number of nitriles is 2. The van der Waals surface area contributed by atoms with E-state index in [0.717, 1.165) is 17.3 Å². The maximum absolute atomic E-state index is 11.2. The van der Waals surface area contributed by atoms with E-state index in [4.69, 9.17) is 15.3 Å². The van der Waals surface area contributed by atoms with Crippen molar-refractivity contribution in [2.24, 2.45) is 4.99 Å². The van der Waals surface area contributed by atoms with Gasteiger partial charge in [-0.1, -0.05) is 0 Å². The third-order valence-corrected chi connectivity index (χ3v) is 4.16. The van der Waals surface area contributed by atoms with Gasteiger partial charge in [-0.05, 0) is 61.4 Å². The summed E-state index contributed by atoms with van der Waals surface area (Å²) in [5, 5.41) is 29.2. The van der Waals surface area contributed by atoms with Crippen LogP contribution in [0.15, 0.2) is 53.3 Å². The van der Waals surface area contributed by atoms with Crippen LogP contribution < -0.4 is 9.64 Å². The molecule has 0 saturated heterocycles. The zero-order valence-corrected chi connectivity index (χ0v) is 15.2. The van der Waals surface area contributed by atoms with Crippen LogP contribution in [-0.4, -0.2) is 17.5 Å². The lowest BCUT2D eigenvalue weighted by Gasteiger charge is -2.30. The van der Waals surface area contributed by atoms with Crippen LogP contribution in [0.2, 0.25) is 0 Å². The Kier molecular flexibility index (Phi) is 5.05. The molecule has 0 aromatic heterocycles. The predicted molar refractivity (Wildman–Crippen MR) is 102 cm³/mol. The number of ether oxygens (including phenoxy) is 1. The van der Waals surface area contributed by atoms with E-state index in [1.807, 2.05) is 19.9 Å². The standard InChI is InChI=1S/C20H15N5O3/c1-13-7-16(10-22)8-14(2)19(13)28-20-23-11-18(25(26)27)12-24(20)17-5-3-15(9-21)4-6-17/h3-8,11-12,20H,1-2H3. The van der Waals surface area contributed by atoms with E-state index >= 15 is 0 Å². The quantitative estimate of drug-likeness (QED) is 0.599. The third kappa shape index (κ3) is 3.67. The Bertz CT molecular complexity index is 1050. The van der Waals surface area contributed by atoms with Crippen LogP contribution in [0, 0.1) is 46.6 Å². The summed E-state index contributed by atoms with van der Waals surface area (Å²) in [5.74, 6) is 0.553. The molecule has 1 atom stereocenters. The molecule has 2 aromatic rings. The van der Waals surface area contributed by atoms with E-state index in [1.54, 1.807) is 36.4 Å². The van der Waals surface area contributed by atoms with E-state index < -0.39 is 11.3 Å². The zero-order chi connectivity index (χ0) is 20.3. The first-order valence-electron chi connectivity index (χ1n) is 8.29. The first-order chi connectivity index (χ1) is 13.4. The number of nitrogens with zero attached hydrogens (tertiary/aromatic N) is 5. The van der Waals surface area contributed by atoms with Gasteiger partial charge in [0.1, 0.15) is 12.0 Å². The van der Waals surface area contributed by atoms with Gasteiger partial charge in [-0.2, -0.15) is 10.5 Å². The minimum atomic E-state index is -0.873. The molecule has 2 aromatic carbocycles. The summed E-state index contributed by atoms with van der Waals surface area (Å²) in [4.78, 5) is 16.4. The highest BCUT2D eigenvalue weighted by Gasteiger charge is 2.27. The van der Waals surface area contributed by atoms with Gasteiger partial charge in [0, 0.05) is 5.69 Å². The first-order valence-corrected chi connectivity index (χ1v) is 8.29. The summed E-state index contributed by atoms with van der Waals surface area (Å²) in [6.07, 6.45) is 1.62. The monoisotopic (exact) mass is 373 g/mol. The fourth-order valence-corrected chi connectivity index (χ4v) is 2.85. The number of benzene rings is 2. The van der Waals surface area contributed by atoms with Crippen LogP contribution in [0.1, 0.15) is 22.3 Å². The van der Waals surface area contributed by atoms with Gasteiger partial charge in [-0.3, -0.25) is 15.0 Å². The van der Waals surface area contributed by atoms with Crippen LogP contribution in [0.3, 0.4) is 0 Å². The molecule has 0 saturated carbocycles. The van der Waals surface area contributed by atoms with Crippen LogP contribution >= 0.6 is 0 Å². The molecule has 1 unspecified atom stereocenters. The van der Waals surface area contributed by atoms with E-state index in [2.05, 4.69) is 11.1 Å². The largest absolute Gasteiger partial charge is 0.450 e. The Balaban J connectivity index is 1.99. The topological polar surface area (TPSA) is 116 Å². The highest BCUT2D eigenvalue weighted by Crippen LogP contribution is 2.29. The molecule has 8 nitrogen and oxygen atoms in total. The molecule has 0 radical (unpaired) electrons. The average Bonchev–Trinajstić information content (AvgIpc) is 2.70. The van der Waals surface area contributed by atoms with Crippen LogP contribution in [-0.2, 0) is 0 Å². The van der Waals surface area contributed by atoms with Crippen molar-refractivity contribution in [2.75, 3.05) is 4.90 Å². The molecule has 0 amide bonds. The van der Waals surface area contributed by atoms with Gasteiger partial charge >= 0.3 is 5.70 Å². The second kappa shape index (κ2) is 7.60. The molecule has 1 aliphatic rings. The van der Waals surface area contributed by atoms with Crippen molar-refractivity contribution < 1.29 is 9.66 Å². The minimum Gasteiger partial charge on any atom is -0.450 e. The smallest absolute Gasteiger partial charge is 0.303 e. The van der Waals surface area contributed by atoms with Crippen molar-refractivity contribution in [3.05, 3.63) is 80.7 Å². The van der Waals surface area contributed by atoms with Gasteiger partial charge < -0.3 is 4.74 Å². The summed E-state index contributed by atoms with van der Waals surface area (Å²) in [5.41, 5.74) is 2.92. The number of nitro groups is 1. The molecule has 138 valence electrons. The van der Waals surface area contributed by atoms with Crippen LogP contribution in [0.4, 0.5) is 5.69 Å². The van der Waals surface area contributed by atoms with Crippen molar-refractivity contribution >= 4 is 11.9 Å². The molecule has 1 heterocycles. The van der Waals surface area contributed by atoms with Crippen molar-refractivity contribution in [1.29, 1.82) is 10.5 Å². The van der Waals surface area contributed by atoms with Gasteiger partial charge in [0.05, 0.1) is 34.4 Å². The lowest BCUT2D eigenvalue weighted by Crippen LogP contribution is -2.38. The number of allylic oxidation sites excluding steroid dienone is 1. The van der Waals surface area contributed by atoms with E-state index in [9.17, 15) is 10.1 Å². The van der Waals surface area contributed by atoms with Crippen molar-refractivity contribution in [1.82, 2.24) is 0 Å². The van der Waals surface area contributed by atoms with Crippen molar-refractivity contribution in [2.45, 2.75) is 20.2 Å². The maximum Gasteiger partial charge on any atom is 0.303 e. The molecule has 1 aliphatic heterocycles. The van der Waals surface area contributed by atoms with Crippen molar-refractivity contribution in [3.63, 3.8) is 0 Å². The second-order valence-corrected chi connectivity index (χ2v) is 6.15. The Morgan fingerprint density at radius 2 is 1.71 bits per heavy atom. The molecule has 0 aliphatic carbocycles. The summed E-state index contributed by atoms with van der Waals surface area (Å²) in [6, 6.07) is 14.1. The SMILES string of the molecule is Cc1cc(C#N)cc(C)c1OC1N=CC([N+](=O)[O-])=CN1c1ccc(C#N)cc1. The van der Waals surface area contributed by atoms with Crippen LogP contribution in [0.5, 0.6) is 5.75 Å². The van der Waals surface area contributed by atoms with Gasteiger partial charge in [0.25, 0.3) is 6.35 Å². The van der Waals surface area contributed by atoms with E-state index in [0.29, 0.717) is 22.6 Å². The molecule has 0 N–H and O–H groups in total. The average molecular weight is 373 g/mol. The minimum absolute atomic E-state index is 0.183. The number of rotatable bonds is 4. The number of hydrogen-bond donors (Lipinski definition) is 0. The number of anilines is 1. The van der Waals surface area contributed by atoms with Gasteiger partial charge in [-0.25, -0.2) is 4.99 Å². The maximum atomic E-state index is 11.2. The fraction of sp³-hybridized carbons (Fsp3) is 0.150. The van der Waals surface area contributed by atoms with Crippen molar-refractivity contribution in [3.8, 4) is 17.9 Å². The number of aryl methyl sites for hydroxylation is 2. The normalized spacial score (nSPS) is 15.4. The lowest BCUT2D eigenvalue weighted by atomic mass is 10.1. The Hall–Kier alpha value is -4.17. The zero-order valence-electron chi connectivity index (χ0n) is 15.2. The molecule has 8 heteroatoms. The molecule has 3 rings (SSSR count). The summed E-state index contributed by atoms with van der Waals surface area (Å²) in [7, 11) is 0. The van der Waals surface area contributed by atoms with Crippen LogP contribution in [0.25, 0.3) is 0 Å².